The van der Waals surface area contributed by atoms with E-state index in [-0.39, 0.29) is 29.2 Å². The molecule has 4 N–H and O–H groups in total. The number of hydrogen-bond donors (Lipinski definition) is 4. The Morgan fingerprint density at radius 2 is 1.57 bits per heavy atom. The van der Waals surface area contributed by atoms with Gasteiger partial charge in [-0.3, -0.25) is 19.2 Å². The first kappa shape index (κ1) is 33.8. The van der Waals surface area contributed by atoms with Crippen LogP contribution in [0.1, 0.15) is 63.1 Å². The van der Waals surface area contributed by atoms with Gasteiger partial charge in [0.15, 0.2) is 11.5 Å². The van der Waals surface area contributed by atoms with Crippen LogP contribution in [-0.4, -0.2) is 45.6 Å². The molecule has 0 aliphatic heterocycles. The highest BCUT2D eigenvalue weighted by molar-refractivity contribution is 5.93. The number of aryl methyl sites for hydroxylation is 1. The van der Waals surface area contributed by atoms with Crippen molar-refractivity contribution in [1.82, 2.24) is 5.32 Å². The van der Waals surface area contributed by atoms with Gasteiger partial charge in [0.05, 0.1) is 33.1 Å². The summed E-state index contributed by atoms with van der Waals surface area (Å²) in [5, 5.41) is 11.8. The number of rotatable bonds is 13. The Bertz CT molecular complexity index is 1660. The van der Waals surface area contributed by atoms with E-state index in [0.29, 0.717) is 72.1 Å². The van der Waals surface area contributed by atoms with Crippen molar-refractivity contribution in [3.63, 3.8) is 0 Å². The normalized spacial score (nSPS) is 13.3. The van der Waals surface area contributed by atoms with E-state index in [0.717, 1.165) is 29.5 Å². The van der Waals surface area contributed by atoms with Crippen molar-refractivity contribution in [3.05, 3.63) is 69.9 Å². The van der Waals surface area contributed by atoms with Gasteiger partial charge in [-0.25, -0.2) is 0 Å². The minimum atomic E-state index is -0.381. The molecule has 0 unspecified atom stereocenters. The molecule has 11 nitrogen and oxygen atoms in total. The van der Waals surface area contributed by atoms with Crippen molar-refractivity contribution in [1.29, 1.82) is 0 Å². The number of anilines is 3. The molecule has 0 saturated heterocycles. The molecule has 4 rings (SSSR count). The van der Waals surface area contributed by atoms with Crippen LogP contribution in [0, 0.1) is 0 Å². The first-order valence-electron chi connectivity index (χ1n) is 15.3. The molecule has 1 aliphatic carbocycles. The van der Waals surface area contributed by atoms with Crippen LogP contribution in [0.15, 0.2) is 53.3 Å². The smallest absolute Gasteiger partial charge is 0.224 e. The van der Waals surface area contributed by atoms with Crippen molar-refractivity contribution < 1.29 is 28.6 Å². The summed E-state index contributed by atoms with van der Waals surface area (Å²) in [6, 6.07) is 13.8. The van der Waals surface area contributed by atoms with Crippen LogP contribution < -0.4 is 40.9 Å². The summed E-state index contributed by atoms with van der Waals surface area (Å²) in [4.78, 5) is 49.3. The van der Waals surface area contributed by atoms with Crippen molar-refractivity contribution in [3.8, 4) is 28.4 Å². The highest BCUT2D eigenvalue weighted by Crippen LogP contribution is 2.50. The molecule has 3 aromatic rings. The number of carbonyl (C=O) groups excluding carboxylic acids is 3. The molecule has 1 aliphatic rings. The standard InChI is InChI=1S/C35H42N4O7/c1-21(40)37-24-10-9-11-25(19-24)39-32(43)12-7-6-8-17-36-29-16-14-26-27(20-30(29)42)28(38-22(2)41)15-13-23-18-31(44-3)34(45-4)35(46-5)33(23)26/h9-11,14,16,18-20,28H,6-8,12-13,15,17H2,1-5H3,(H,36,42)(H,37,40)(H,38,41)(H,39,43)/t28-/m1/s1. The molecule has 0 saturated carbocycles. The molecule has 0 heterocycles. The number of carbonyl (C=O) groups is 3. The SMILES string of the molecule is COc1cc2c(c(OC)c1OC)-c1ccc(NCCCCCC(=O)Nc3cccc(NC(C)=O)c3)c(=O)cc1[C@H](NC(C)=O)CC2. The number of unbranched alkanes of at least 4 members (excludes halogenated alkanes) is 2. The van der Waals surface area contributed by atoms with Crippen molar-refractivity contribution >= 4 is 34.8 Å². The second-order valence-electron chi connectivity index (χ2n) is 11.1. The fourth-order valence-electron chi connectivity index (χ4n) is 5.77. The van der Waals surface area contributed by atoms with Crippen LogP contribution in [0.4, 0.5) is 17.1 Å². The van der Waals surface area contributed by atoms with Crippen LogP contribution in [0.3, 0.4) is 0 Å². The van der Waals surface area contributed by atoms with Crippen LogP contribution in [0.25, 0.3) is 11.1 Å². The van der Waals surface area contributed by atoms with Crippen LogP contribution >= 0.6 is 0 Å². The fourth-order valence-corrected chi connectivity index (χ4v) is 5.77. The minimum absolute atomic E-state index is 0.106. The van der Waals surface area contributed by atoms with E-state index in [1.807, 2.05) is 12.1 Å². The largest absolute Gasteiger partial charge is 0.493 e. The van der Waals surface area contributed by atoms with Crippen LogP contribution in [0.5, 0.6) is 17.2 Å². The average molecular weight is 631 g/mol. The number of ether oxygens (including phenoxy) is 3. The predicted octanol–water partition coefficient (Wildman–Crippen LogP) is 5.43. The lowest BCUT2D eigenvalue weighted by atomic mass is 9.95. The van der Waals surface area contributed by atoms with E-state index in [9.17, 15) is 19.2 Å². The maximum Gasteiger partial charge on any atom is 0.224 e. The monoisotopic (exact) mass is 630 g/mol. The number of hydrogen-bond acceptors (Lipinski definition) is 8. The summed E-state index contributed by atoms with van der Waals surface area (Å²) in [6.07, 6.45) is 3.78. The average Bonchev–Trinajstić information content (AvgIpc) is 3.25. The second kappa shape index (κ2) is 15.8. The molecule has 11 heteroatoms. The molecule has 0 bridgehead atoms. The molecule has 3 aromatic carbocycles. The number of methoxy groups -OCH3 is 3. The van der Waals surface area contributed by atoms with Gasteiger partial charge < -0.3 is 35.5 Å². The number of nitrogens with one attached hydrogen (secondary N) is 4. The minimum Gasteiger partial charge on any atom is -0.493 e. The molecule has 46 heavy (non-hydrogen) atoms. The molecule has 1 atom stereocenters. The lowest BCUT2D eigenvalue weighted by Gasteiger charge is -2.19. The molecular formula is C35H42N4O7. The Morgan fingerprint density at radius 1 is 0.826 bits per heavy atom. The third-order valence-electron chi connectivity index (χ3n) is 7.78. The molecule has 0 spiro atoms. The Balaban J connectivity index is 1.46. The van der Waals surface area contributed by atoms with Gasteiger partial charge >= 0.3 is 0 Å². The van der Waals surface area contributed by atoms with E-state index < -0.39 is 0 Å². The summed E-state index contributed by atoms with van der Waals surface area (Å²) < 4.78 is 17.1. The van der Waals surface area contributed by atoms with Gasteiger partial charge in [0.1, 0.15) is 0 Å². The molecule has 0 fully saturated rings. The third kappa shape index (κ3) is 8.35. The topological polar surface area (TPSA) is 144 Å². The molecular weight excluding hydrogens is 588 g/mol. The first-order chi connectivity index (χ1) is 22.1. The zero-order chi connectivity index (χ0) is 33.2. The van der Waals surface area contributed by atoms with E-state index in [2.05, 4.69) is 21.3 Å². The highest BCUT2D eigenvalue weighted by atomic mass is 16.5. The van der Waals surface area contributed by atoms with Gasteiger partial charge in [0, 0.05) is 43.8 Å². The molecule has 244 valence electrons. The maximum absolute atomic E-state index is 13.5. The fraction of sp³-hybridized carbons (Fsp3) is 0.371. The number of benzene rings is 2. The lowest BCUT2D eigenvalue weighted by Crippen LogP contribution is -2.26. The van der Waals surface area contributed by atoms with Gasteiger partial charge in [-0.2, -0.15) is 0 Å². The number of fused-ring (bicyclic) bond motifs is 3. The second-order valence-corrected chi connectivity index (χ2v) is 11.1. The van der Waals surface area contributed by atoms with E-state index in [4.69, 9.17) is 14.2 Å². The van der Waals surface area contributed by atoms with Gasteiger partial charge in [0.2, 0.25) is 28.9 Å². The van der Waals surface area contributed by atoms with Crippen molar-refractivity contribution in [2.45, 2.75) is 58.4 Å². The summed E-state index contributed by atoms with van der Waals surface area (Å²) in [7, 11) is 4.69. The highest BCUT2D eigenvalue weighted by Gasteiger charge is 2.29. The zero-order valence-corrected chi connectivity index (χ0v) is 27.0. The van der Waals surface area contributed by atoms with Gasteiger partial charge in [0.25, 0.3) is 0 Å². The molecule has 0 aromatic heterocycles. The predicted molar refractivity (Wildman–Crippen MR) is 179 cm³/mol. The summed E-state index contributed by atoms with van der Waals surface area (Å²) in [5.74, 6) is 1.02. The quantitative estimate of drug-likeness (QED) is 0.183. The third-order valence-corrected chi connectivity index (χ3v) is 7.78. The van der Waals surface area contributed by atoms with Gasteiger partial charge in [-0.05, 0) is 78.8 Å². The number of amides is 3. The summed E-state index contributed by atoms with van der Waals surface area (Å²) in [6.45, 7) is 3.44. The zero-order valence-electron chi connectivity index (χ0n) is 27.0. The van der Waals surface area contributed by atoms with Gasteiger partial charge in [-0.1, -0.05) is 18.6 Å². The van der Waals surface area contributed by atoms with E-state index in [1.165, 1.54) is 13.8 Å². The maximum atomic E-state index is 13.5. The Kier molecular flexibility index (Phi) is 11.6. The Labute approximate surface area is 269 Å². The Hall–Kier alpha value is -5.06. The lowest BCUT2D eigenvalue weighted by molar-refractivity contribution is -0.120. The van der Waals surface area contributed by atoms with Crippen LogP contribution in [-0.2, 0) is 20.8 Å². The van der Waals surface area contributed by atoms with E-state index >= 15 is 0 Å². The first-order valence-corrected chi connectivity index (χ1v) is 15.3. The van der Waals surface area contributed by atoms with E-state index in [1.54, 1.807) is 57.7 Å². The summed E-state index contributed by atoms with van der Waals surface area (Å²) >= 11 is 0. The molecule has 3 amide bonds. The van der Waals surface area contributed by atoms with Crippen LogP contribution in [0.2, 0.25) is 0 Å². The van der Waals surface area contributed by atoms with Gasteiger partial charge in [-0.15, -0.1) is 0 Å². The van der Waals surface area contributed by atoms with Crippen molar-refractivity contribution in [2.24, 2.45) is 0 Å². The van der Waals surface area contributed by atoms with Crippen molar-refractivity contribution in [2.75, 3.05) is 43.8 Å². The molecule has 0 radical (unpaired) electrons. The Morgan fingerprint density at radius 3 is 2.24 bits per heavy atom. The summed E-state index contributed by atoms with van der Waals surface area (Å²) in [5.41, 5.74) is 4.70.